The van der Waals surface area contributed by atoms with Gasteiger partial charge in [-0.15, -0.1) is 11.1 Å². The van der Waals surface area contributed by atoms with Crippen molar-refractivity contribution in [3.8, 4) is 22.9 Å². The molecule has 2 aliphatic carbocycles. The van der Waals surface area contributed by atoms with Crippen LogP contribution in [0, 0.1) is 22.9 Å². The lowest BCUT2D eigenvalue weighted by Gasteiger charge is -2.45. The summed E-state index contributed by atoms with van der Waals surface area (Å²) in [5.41, 5.74) is 15.1. The molecule has 0 aliphatic heterocycles. The highest BCUT2D eigenvalue weighted by Gasteiger charge is 2.49. The highest BCUT2D eigenvalue weighted by molar-refractivity contribution is 6.91. The number of hydrogen-bond acceptors (Lipinski definition) is 0. The lowest BCUT2D eigenvalue weighted by molar-refractivity contribution is 0.476. The Bertz CT molecular complexity index is 1870. The minimum atomic E-state index is -1.90. The third kappa shape index (κ3) is 5.27. The van der Waals surface area contributed by atoms with Gasteiger partial charge in [0.25, 0.3) is 0 Å². The van der Waals surface area contributed by atoms with Crippen LogP contribution in [0.5, 0.6) is 0 Å². The van der Waals surface area contributed by atoms with Gasteiger partial charge in [-0.25, -0.2) is 0 Å². The number of rotatable bonds is 6. The fraction of sp³-hybridized carbons (Fsp3) is 0.435. The van der Waals surface area contributed by atoms with Crippen molar-refractivity contribution in [1.82, 2.24) is 0 Å². The molecule has 0 aromatic heterocycles. The van der Waals surface area contributed by atoms with Gasteiger partial charge >= 0.3 is 0 Å². The van der Waals surface area contributed by atoms with Crippen LogP contribution in [0.15, 0.2) is 72.8 Å². The van der Waals surface area contributed by atoms with Crippen molar-refractivity contribution in [2.75, 3.05) is 0 Å². The fourth-order valence-corrected chi connectivity index (χ4v) is 21.4. The zero-order chi connectivity index (χ0) is 33.8. The van der Waals surface area contributed by atoms with E-state index in [2.05, 4.69) is 151 Å². The molecule has 0 unspecified atom stereocenters. The fourth-order valence-electron chi connectivity index (χ4n) is 9.98. The zero-order valence-corrected chi connectivity index (χ0v) is 32.6. The lowest BCUT2D eigenvalue weighted by atomic mass is 9.89. The summed E-state index contributed by atoms with van der Waals surface area (Å²) in [4.78, 5) is 0. The Kier molecular flexibility index (Phi) is 8.90. The van der Waals surface area contributed by atoms with E-state index in [0.29, 0.717) is 22.2 Å². The second kappa shape index (κ2) is 12.9. The Balaban J connectivity index is 1.61. The largest absolute Gasteiger partial charge is 0.147 e. The Morgan fingerprint density at radius 3 is 0.938 bits per heavy atom. The molecule has 2 aliphatic rings. The monoisotopic (exact) mass is 662 g/mol. The first-order valence-electron chi connectivity index (χ1n) is 18.9. The van der Waals surface area contributed by atoms with Gasteiger partial charge in [0.05, 0.1) is 0 Å². The molecule has 0 atom stereocenters. The summed E-state index contributed by atoms with van der Waals surface area (Å²) >= 11 is 0. The van der Waals surface area contributed by atoms with Gasteiger partial charge in [-0.1, -0.05) is 154 Å². The van der Waals surface area contributed by atoms with Crippen molar-refractivity contribution in [1.29, 1.82) is 0 Å². The minimum absolute atomic E-state index is 0.635. The second-order valence-electron chi connectivity index (χ2n) is 16.5. The molecular weight excluding hydrogens is 609 g/mol. The molecule has 2 heteroatoms. The highest BCUT2D eigenvalue weighted by atomic mass is 28.3. The quantitative estimate of drug-likeness (QED) is 0.0964. The summed E-state index contributed by atoms with van der Waals surface area (Å²) in [7, 11) is -3.81. The van der Waals surface area contributed by atoms with E-state index in [0.717, 1.165) is 11.1 Å². The number of hydrogen-bond donors (Lipinski definition) is 0. The summed E-state index contributed by atoms with van der Waals surface area (Å²) in [5, 5.41) is 10.2. The predicted octanol–water partition coefficient (Wildman–Crippen LogP) is 13.7. The summed E-state index contributed by atoms with van der Waals surface area (Å²) < 4.78 is 0. The van der Waals surface area contributed by atoms with Crippen LogP contribution >= 0.6 is 0 Å². The first-order chi connectivity index (χ1) is 23.1. The molecule has 0 nitrogen and oxygen atoms in total. The molecule has 246 valence electrons. The first kappa shape index (κ1) is 33.2. The van der Waals surface area contributed by atoms with E-state index in [1.165, 1.54) is 92.7 Å². The van der Waals surface area contributed by atoms with Crippen LogP contribution in [0.25, 0.3) is 43.1 Å². The average molecular weight is 663 g/mol. The maximum Gasteiger partial charge on any atom is 0.147 e. The summed E-state index contributed by atoms with van der Waals surface area (Å²) in [6, 6.07) is 27.5. The van der Waals surface area contributed by atoms with Crippen LogP contribution in [0.1, 0.15) is 105 Å². The topological polar surface area (TPSA) is 0 Å². The Morgan fingerprint density at radius 2 is 0.729 bits per heavy atom. The third-order valence-corrected chi connectivity index (χ3v) is 25.7. The average Bonchev–Trinajstić information content (AvgIpc) is 3.00. The summed E-state index contributed by atoms with van der Waals surface area (Å²) in [6.45, 7) is 19.8. The zero-order valence-electron chi connectivity index (χ0n) is 30.6. The second-order valence-corrected chi connectivity index (χ2v) is 27.0. The Hall–Kier alpha value is -3.31. The van der Waals surface area contributed by atoms with Crippen molar-refractivity contribution in [3.05, 3.63) is 83.9 Å². The molecule has 0 radical (unpaired) electrons. The minimum Gasteiger partial charge on any atom is -0.125 e. The maximum absolute atomic E-state index is 4.23. The predicted molar refractivity (Wildman–Crippen MR) is 217 cm³/mol. The van der Waals surface area contributed by atoms with E-state index in [1.807, 2.05) is 0 Å². The van der Waals surface area contributed by atoms with Gasteiger partial charge < -0.3 is 0 Å². The van der Waals surface area contributed by atoms with E-state index in [1.54, 1.807) is 0 Å². The number of fused-ring (bicyclic) bond motifs is 4. The SMILES string of the molecule is CC(C)[Si](C#Cc1c2cc3ccccc3cc2c(C#C[Si](C(C)C)(C(C)C)C2CCC2)c2cc3ccccc3cc12)(C(C)C)C1CCC1. The van der Waals surface area contributed by atoms with Gasteiger partial charge in [0.2, 0.25) is 0 Å². The van der Waals surface area contributed by atoms with Gasteiger partial charge in [-0.2, -0.15) is 0 Å². The number of benzene rings is 5. The van der Waals surface area contributed by atoms with E-state index < -0.39 is 16.1 Å². The van der Waals surface area contributed by atoms with Crippen molar-refractivity contribution in [2.45, 2.75) is 127 Å². The van der Waals surface area contributed by atoms with Gasteiger partial charge in [-0.3, -0.25) is 0 Å². The van der Waals surface area contributed by atoms with E-state index >= 15 is 0 Å². The van der Waals surface area contributed by atoms with Crippen molar-refractivity contribution in [2.24, 2.45) is 0 Å². The van der Waals surface area contributed by atoms with Crippen molar-refractivity contribution >= 4 is 59.2 Å². The van der Waals surface area contributed by atoms with Crippen LogP contribution in [0.3, 0.4) is 0 Å². The molecule has 0 N–H and O–H groups in total. The molecule has 0 bridgehead atoms. The molecule has 48 heavy (non-hydrogen) atoms. The molecule has 5 aromatic rings. The van der Waals surface area contributed by atoms with Gasteiger partial charge in [-0.05, 0) is 101 Å². The van der Waals surface area contributed by atoms with Gasteiger partial charge in [0.1, 0.15) is 16.1 Å². The maximum atomic E-state index is 4.23. The molecule has 0 heterocycles. The molecule has 2 fully saturated rings. The van der Waals surface area contributed by atoms with Gasteiger partial charge in [0.15, 0.2) is 0 Å². The summed E-state index contributed by atoms with van der Waals surface area (Å²) in [5.74, 6) is 8.12. The van der Waals surface area contributed by atoms with E-state index in [9.17, 15) is 0 Å². The molecule has 2 saturated carbocycles. The standard InChI is InChI=1S/C46H54Si2/c1-31(2)47(32(3)4,39-19-13-20-39)25-23-41-43-27-35-15-9-11-17-37(35)29-45(43)42(46-30-38-18-12-10-16-36(38)28-44(41)46)24-26-48(33(5)6,34(7)8)40-21-14-22-40/h9-12,15-18,27-34,39-40H,13-14,19-22H2,1-8H3. The van der Waals surface area contributed by atoms with Crippen molar-refractivity contribution < 1.29 is 0 Å². The van der Waals surface area contributed by atoms with E-state index in [4.69, 9.17) is 0 Å². The van der Waals surface area contributed by atoms with Crippen LogP contribution in [0.4, 0.5) is 0 Å². The van der Waals surface area contributed by atoms with Gasteiger partial charge in [0, 0.05) is 11.1 Å². The van der Waals surface area contributed by atoms with Crippen LogP contribution in [-0.4, -0.2) is 16.1 Å². The molecule has 0 amide bonds. The van der Waals surface area contributed by atoms with Crippen LogP contribution < -0.4 is 0 Å². The van der Waals surface area contributed by atoms with Crippen LogP contribution in [-0.2, 0) is 0 Å². The Labute approximate surface area is 292 Å². The molecular formula is C46H54Si2. The normalized spacial score (nSPS) is 16.1. The third-order valence-electron chi connectivity index (χ3n) is 13.0. The van der Waals surface area contributed by atoms with Crippen molar-refractivity contribution in [3.63, 3.8) is 0 Å². The lowest BCUT2D eigenvalue weighted by Crippen LogP contribution is -2.47. The van der Waals surface area contributed by atoms with Crippen LogP contribution in [0.2, 0.25) is 33.2 Å². The molecule has 0 spiro atoms. The Morgan fingerprint density at radius 1 is 0.458 bits per heavy atom. The van der Waals surface area contributed by atoms with E-state index in [-0.39, 0.29) is 0 Å². The molecule has 5 aromatic carbocycles. The first-order valence-corrected chi connectivity index (χ1v) is 23.4. The molecule has 7 rings (SSSR count). The smallest absolute Gasteiger partial charge is 0.125 e. The highest BCUT2D eigenvalue weighted by Crippen LogP contribution is 2.52. The summed E-state index contributed by atoms with van der Waals surface area (Å²) in [6.07, 6.45) is 8.19. The molecule has 0 saturated heterocycles.